The van der Waals surface area contributed by atoms with Crippen molar-refractivity contribution < 1.29 is 58.2 Å². The molecule has 6 unspecified atom stereocenters. The fourth-order valence-corrected chi connectivity index (χ4v) is 9.16. The number of hydrogen-bond donors (Lipinski definition) is 3. The van der Waals surface area contributed by atoms with Crippen molar-refractivity contribution in [3.63, 3.8) is 0 Å². The van der Waals surface area contributed by atoms with E-state index in [9.17, 15) is 34.5 Å². The minimum atomic E-state index is -1.91. The summed E-state index contributed by atoms with van der Waals surface area (Å²) in [7, 11) is 0. The summed E-state index contributed by atoms with van der Waals surface area (Å²) in [5, 5.41) is 31.6. The van der Waals surface area contributed by atoms with Crippen LogP contribution in [0.15, 0.2) is 85.1 Å². The maximum absolute atomic E-state index is 13.1. The molecule has 452 valence electrons. The fraction of sp³-hybridized carbons (Fsp3) is 0.731. The van der Waals surface area contributed by atoms with Gasteiger partial charge in [-0.15, -0.1) is 0 Å². The van der Waals surface area contributed by atoms with E-state index in [-0.39, 0.29) is 25.9 Å². The second-order valence-electron chi connectivity index (χ2n) is 21.3. The molecule has 1 aliphatic rings. The van der Waals surface area contributed by atoms with E-state index in [1.54, 1.807) is 0 Å². The number of aliphatic carboxylic acids is 1. The van der Waals surface area contributed by atoms with Gasteiger partial charge in [0.15, 0.2) is 24.6 Å². The Morgan fingerprint density at radius 3 is 1.24 bits per heavy atom. The van der Waals surface area contributed by atoms with Crippen LogP contribution in [0.25, 0.3) is 0 Å². The molecule has 6 atom stereocenters. The first-order chi connectivity index (χ1) is 38.6. The fourth-order valence-electron chi connectivity index (χ4n) is 9.16. The quantitative estimate of drug-likeness (QED) is 0.0228. The lowest BCUT2D eigenvalue weighted by Crippen LogP contribution is -2.61. The van der Waals surface area contributed by atoms with Gasteiger partial charge in [-0.05, 0) is 109 Å². The number of carboxylic acid groups (broad SMARTS) is 1. The van der Waals surface area contributed by atoms with Crippen LogP contribution in [-0.4, -0.2) is 89.2 Å². The Morgan fingerprint density at radius 1 is 0.430 bits per heavy atom. The molecule has 1 rings (SSSR count). The highest BCUT2D eigenvalue weighted by molar-refractivity contribution is 5.74. The minimum absolute atomic E-state index is 0.0516. The molecule has 1 aliphatic heterocycles. The molecule has 12 nitrogen and oxygen atoms in total. The molecule has 1 heterocycles. The highest BCUT2D eigenvalue weighted by Gasteiger charge is 2.50. The second kappa shape index (κ2) is 54.5. The van der Waals surface area contributed by atoms with Gasteiger partial charge in [-0.1, -0.05) is 221 Å². The van der Waals surface area contributed by atoms with Crippen molar-refractivity contribution in [3.05, 3.63) is 85.1 Å². The summed E-state index contributed by atoms with van der Waals surface area (Å²) in [6.45, 7) is 5.75. The monoisotopic (exact) mass is 1110 g/mol. The predicted octanol–water partition coefficient (Wildman–Crippen LogP) is 16.7. The van der Waals surface area contributed by atoms with Crippen LogP contribution >= 0.6 is 0 Å². The smallest absolute Gasteiger partial charge is 0.335 e. The van der Waals surface area contributed by atoms with E-state index in [2.05, 4.69) is 106 Å². The molecule has 0 aromatic carbocycles. The van der Waals surface area contributed by atoms with Crippen molar-refractivity contribution in [2.24, 2.45) is 0 Å². The van der Waals surface area contributed by atoms with Crippen molar-refractivity contribution in [3.8, 4) is 0 Å². The van der Waals surface area contributed by atoms with Gasteiger partial charge in [0.2, 0.25) is 0 Å². The number of esters is 3. The molecule has 12 heteroatoms. The van der Waals surface area contributed by atoms with Gasteiger partial charge in [0, 0.05) is 19.3 Å². The molecular formula is C67H112O12. The summed E-state index contributed by atoms with van der Waals surface area (Å²) < 4.78 is 28.5. The molecule has 0 radical (unpaired) electrons. The van der Waals surface area contributed by atoms with Crippen molar-refractivity contribution in [1.82, 2.24) is 0 Å². The molecule has 0 bridgehead atoms. The Kier molecular flexibility index (Phi) is 50.3. The van der Waals surface area contributed by atoms with E-state index in [1.807, 2.05) is 0 Å². The third-order valence-electron chi connectivity index (χ3n) is 13.9. The number of aliphatic hydroxyl groups excluding tert-OH is 2. The van der Waals surface area contributed by atoms with Crippen LogP contribution in [0.2, 0.25) is 0 Å². The van der Waals surface area contributed by atoms with Crippen LogP contribution < -0.4 is 0 Å². The molecule has 0 saturated carbocycles. The SMILES string of the molecule is CC/C=C\C/C=C\C/C=C\CCCCCCCCCC(=O)OCC(COC1OC(C(=O)O)C(O)C(O)C1OC(=O)CCCCCCCCCCC/C=C\CCCCCCCC)OC(=O)CCCCC/C=C\C/C=C\C/C=C\CC. The number of aliphatic hydroxyl groups is 2. The highest BCUT2D eigenvalue weighted by atomic mass is 16.7. The molecule has 0 aliphatic carbocycles. The maximum atomic E-state index is 13.1. The standard InChI is InChI=1S/C67H112O12/c1-4-7-10-13-16-19-22-25-27-29-30-32-34-37-40-43-46-49-52-55-61(70)78-65-63(72)62(71)64(66(73)74)79-67(65)76-57-58(77-60(69)54-51-48-45-42-39-35-24-21-18-15-12-9-6-3)56-75-59(68)53-50-47-44-41-38-36-33-31-28-26-23-20-17-14-11-8-5-2/h8-9,11-12,17-18,20-21,25-28,35,39,58,62-65,67,71-72H,4-7,10,13-16,19,22-24,29-34,36-38,40-57H2,1-3H3,(H,73,74)/b11-8-,12-9-,20-17-,21-18-,27-25-,28-26-,39-35-. The predicted molar refractivity (Wildman–Crippen MR) is 321 cm³/mol. The third kappa shape index (κ3) is 44.3. The van der Waals surface area contributed by atoms with Crippen LogP contribution in [0.4, 0.5) is 0 Å². The van der Waals surface area contributed by atoms with E-state index in [4.69, 9.17) is 23.7 Å². The molecular weight excluding hydrogens is 997 g/mol. The molecule has 3 N–H and O–H groups in total. The van der Waals surface area contributed by atoms with Gasteiger partial charge >= 0.3 is 23.9 Å². The van der Waals surface area contributed by atoms with Gasteiger partial charge in [0.05, 0.1) is 6.61 Å². The molecule has 0 spiro atoms. The summed E-state index contributed by atoms with van der Waals surface area (Å²) >= 11 is 0. The maximum Gasteiger partial charge on any atom is 0.335 e. The van der Waals surface area contributed by atoms with E-state index >= 15 is 0 Å². The number of hydrogen-bond acceptors (Lipinski definition) is 11. The molecule has 0 aromatic rings. The van der Waals surface area contributed by atoms with Crippen LogP contribution in [-0.2, 0) is 42.9 Å². The first kappa shape index (κ1) is 72.9. The van der Waals surface area contributed by atoms with Gasteiger partial charge in [-0.2, -0.15) is 0 Å². The Hall–Kier alpha value is -4.10. The first-order valence-corrected chi connectivity index (χ1v) is 31.6. The molecule has 0 aromatic heterocycles. The Morgan fingerprint density at radius 2 is 0.797 bits per heavy atom. The van der Waals surface area contributed by atoms with Crippen LogP contribution in [0.1, 0.15) is 265 Å². The van der Waals surface area contributed by atoms with Gasteiger partial charge in [0.1, 0.15) is 18.8 Å². The number of carboxylic acids is 1. The average molecular weight is 1110 g/mol. The molecule has 0 amide bonds. The topological polar surface area (TPSA) is 175 Å². The lowest BCUT2D eigenvalue weighted by Gasteiger charge is -2.40. The Bertz CT molecular complexity index is 1700. The summed E-state index contributed by atoms with van der Waals surface area (Å²) in [6.07, 6.45) is 58.3. The van der Waals surface area contributed by atoms with E-state index in [1.165, 1.54) is 77.0 Å². The van der Waals surface area contributed by atoms with Gasteiger partial charge in [0.25, 0.3) is 0 Å². The van der Waals surface area contributed by atoms with Crippen molar-refractivity contribution >= 4 is 23.9 Å². The van der Waals surface area contributed by atoms with Gasteiger partial charge in [-0.25, -0.2) is 4.79 Å². The largest absolute Gasteiger partial charge is 0.479 e. The van der Waals surface area contributed by atoms with Crippen LogP contribution in [0, 0.1) is 0 Å². The van der Waals surface area contributed by atoms with E-state index in [0.29, 0.717) is 19.3 Å². The summed E-state index contributed by atoms with van der Waals surface area (Å²) in [5.41, 5.74) is 0. The van der Waals surface area contributed by atoms with Crippen molar-refractivity contribution in [2.45, 2.75) is 302 Å². The number of rotatable bonds is 53. The van der Waals surface area contributed by atoms with E-state index in [0.717, 1.165) is 128 Å². The average Bonchev–Trinajstić information content (AvgIpc) is 3.47. The van der Waals surface area contributed by atoms with Crippen LogP contribution in [0.3, 0.4) is 0 Å². The minimum Gasteiger partial charge on any atom is -0.479 e. The van der Waals surface area contributed by atoms with E-state index < -0.39 is 67.3 Å². The number of allylic oxidation sites excluding steroid dienone is 14. The number of carbonyl (C=O) groups excluding carboxylic acids is 3. The lowest BCUT2D eigenvalue weighted by molar-refractivity contribution is -0.301. The van der Waals surface area contributed by atoms with Gasteiger partial charge in [-0.3, -0.25) is 14.4 Å². The summed E-state index contributed by atoms with van der Waals surface area (Å²) in [5.74, 6) is -3.17. The third-order valence-corrected chi connectivity index (χ3v) is 13.9. The zero-order valence-corrected chi connectivity index (χ0v) is 49.8. The molecule has 1 saturated heterocycles. The molecule has 1 fully saturated rings. The number of unbranched alkanes of at least 4 members (excludes halogenated alkanes) is 25. The number of ether oxygens (including phenoxy) is 5. The summed E-state index contributed by atoms with van der Waals surface area (Å²) in [4.78, 5) is 51.2. The van der Waals surface area contributed by atoms with Crippen molar-refractivity contribution in [1.29, 1.82) is 0 Å². The Balaban J connectivity index is 2.66. The summed E-state index contributed by atoms with van der Waals surface area (Å²) in [6, 6.07) is 0. The zero-order chi connectivity index (χ0) is 57.5. The normalized spacial score (nSPS) is 18.4. The Labute approximate surface area is 480 Å². The lowest BCUT2D eigenvalue weighted by atomic mass is 9.98. The molecule has 79 heavy (non-hydrogen) atoms. The second-order valence-corrected chi connectivity index (χ2v) is 21.3. The van der Waals surface area contributed by atoms with Gasteiger partial charge < -0.3 is 39.0 Å². The van der Waals surface area contributed by atoms with Crippen LogP contribution in [0.5, 0.6) is 0 Å². The first-order valence-electron chi connectivity index (χ1n) is 31.6. The number of carbonyl (C=O) groups is 4. The zero-order valence-electron chi connectivity index (χ0n) is 49.8. The highest BCUT2D eigenvalue weighted by Crippen LogP contribution is 2.26. The van der Waals surface area contributed by atoms with Crippen molar-refractivity contribution in [2.75, 3.05) is 13.2 Å².